The molecule has 0 atom stereocenters. The molecular weight excluding hydrogens is 395 g/mol. The van der Waals surface area contributed by atoms with Gasteiger partial charge in [0, 0.05) is 15.6 Å². The van der Waals surface area contributed by atoms with E-state index in [2.05, 4.69) is 33.0 Å². The van der Waals surface area contributed by atoms with E-state index in [9.17, 15) is 0 Å². The van der Waals surface area contributed by atoms with E-state index in [-0.39, 0.29) is 0 Å². The van der Waals surface area contributed by atoms with Crippen LogP contribution in [-0.4, -0.2) is 11.5 Å². The summed E-state index contributed by atoms with van der Waals surface area (Å²) in [5.74, 6) is 0. The van der Waals surface area contributed by atoms with Gasteiger partial charge in [0.2, 0.25) is 0 Å². The number of fused-ring (bicyclic) bond motifs is 1. The summed E-state index contributed by atoms with van der Waals surface area (Å²) >= 11 is 16.0. The Morgan fingerprint density at radius 1 is 1.00 bits per heavy atom. The van der Waals surface area contributed by atoms with Gasteiger partial charge in [0.15, 0.2) is 0 Å². The lowest BCUT2D eigenvalue weighted by molar-refractivity contribution is 0.748. The zero-order valence-corrected chi connectivity index (χ0v) is 15.6. The quantitative estimate of drug-likeness (QED) is 0.483. The predicted molar refractivity (Wildman–Crippen MR) is 103 cm³/mol. The molecule has 0 bridgehead atoms. The predicted octanol–water partition coefficient (Wildman–Crippen LogP) is 6.19. The highest BCUT2D eigenvalue weighted by Crippen LogP contribution is 2.38. The molecule has 0 aliphatic heterocycles. The van der Waals surface area contributed by atoms with Crippen LogP contribution in [0.3, 0.4) is 0 Å². The van der Waals surface area contributed by atoms with Crippen molar-refractivity contribution in [3.05, 3.63) is 56.5 Å². The Bertz CT molecular complexity index is 825. The van der Waals surface area contributed by atoms with Crippen LogP contribution in [0.2, 0.25) is 10.0 Å². The number of H-pyrrole nitrogens is 1. The van der Waals surface area contributed by atoms with Crippen molar-refractivity contribution in [3.63, 3.8) is 0 Å². The highest BCUT2D eigenvalue weighted by Gasteiger charge is 2.16. The number of benzene rings is 2. The largest absolute Gasteiger partial charge is 0.353 e. The molecule has 1 heterocycles. The van der Waals surface area contributed by atoms with E-state index in [0.717, 1.165) is 45.9 Å². The smallest absolute Gasteiger partial charge is 0.0833 e. The van der Waals surface area contributed by atoms with E-state index < -0.39 is 0 Å². The minimum absolute atomic E-state index is 0.566. The third kappa shape index (κ3) is 3.43. The van der Waals surface area contributed by atoms with E-state index in [1.54, 1.807) is 0 Å². The van der Waals surface area contributed by atoms with Gasteiger partial charge in [-0.15, -0.1) is 0 Å². The van der Waals surface area contributed by atoms with Crippen LogP contribution in [0.4, 0.5) is 0 Å². The van der Waals surface area contributed by atoms with Gasteiger partial charge in [-0.3, -0.25) is 0 Å². The number of hydrogen-bond acceptors (Lipinski definition) is 1. The summed E-state index contributed by atoms with van der Waals surface area (Å²) in [5, 5.41) is 2.28. The molecule has 120 valence electrons. The Labute approximate surface area is 154 Å². The van der Waals surface area contributed by atoms with Crippen molar-refractivity contribution in [3.8, 4) is 11.3 Å². The number of nitrogens with one attached hydrogen (secondary N) is 1. The van der Waals surface area contributed by atoms with Crippen molar-refractivity contribution in [2.75, 3.05) is 6.54 Å². The third-order valence-electron chi connectivity index (χ3n) is 3.99. The van der Waals surface area contributed by atoms with Gasteiger partial charge in [-0.05, 0) is 55.1 Å². The topological polar surface area (TPSA) is 41.8 Å². The number of aromatic nitrogens is 1. The van der Waals surface area contributed by atoms with Gasteiger partial charge >= 0.3 is 0 Å². The summed E-state index contributed by atoms with van der Waals surface area (Å²) in [5.41, 5.74) is 10.1. The summed E-state index contributed by atoms with van der Waals surface area (Å²) in [6.45, 7) is 0.711. The maximum absolute atomic E-state index is 6.39. The Hall–Kier alpha value is -1.00. The molecule has 2 aromatic carbocycles. The van der Waals surface area contributed by atoms with Crippen molar-refractivity contribution in [1.82, 2.24) is 4.98 Å². The Morgan fingerprint density at radius 2 is 1.74 bits per heavy atom. The standard InChI is InChI=1S/C18H17BrCl2N2/c19-12-6-4-11(5-7-12)17-13(3-1-2-10-22)14-8-9-15(20)16(21)18(14)23-17/h4-9,23H,1-3,10,22H2. The van der Waals surface area contributed by atoms with Crippen LogP contribution in [0, 0.1) is 0 Å². The van der Waals surface area contributed by atoms with Crippen LogP contribution in [0.25, 0.3) is 22.2 Å². The monoisotopic (exact) mass is 410 g/mol. The van der Waals surface area contributed by atoms with Crippen molar-refractivity contribution in [1.29, 1.82) is 0 Å². The molecule has 0 unspecified atom stereocenters. The van der Waals surface area contributed by atoms with Gasteiger partial charge in [0.1, 0.15) is 0 Å². The number of unbranched alkanes of at least 4 members (excludes halogenated alkanes) is 1. The van der Waals surface area contributed by atoms with Gasteiger partial charge in [0.25, 0.3) is 0 Å². The molecular formula is C18H17BrCl2N2. The lowest BCUT2D eigenvalue weighted by Crippen LogP contribution is -1.99. The molecule has 0 aliphatic rings. The average Bonchev–Trinajstić information content (AvgIpc) is 2.91. The number of aromatic amines is 1. The van der Waals surface area contributed by atoms with E-state index in [4.69, 9.17) is 28.9 Å². The van der Waals surface area contributed by atoms with Gasteiger partial charge in [0.05, 0.1) is 15.6 Å². The Kier molecular flexibility index (Phi) is 5.32. The van der Waals surface area contributed by atoms with Gasteiger partial charge in [-0.1, -0.05) is 57.3 Å². The summed E-state index contributed by atoms with van der Waals surface area (Å²) < 4.78 is 1.06. The summed E-state index contributed by atoms with van der Waals surface area (Å²) in [6.07, 6.45) is 3.02. The first kappa shape index (κ1) is 16.8. The van der Waals surface area contributed by atoms with Crippen LogP contribution < -0.4 is 5.73 Å². The van der Waals surface area contributed by atoms with E-state index >= 15 is 0 Å². The van der Waals surface area contributed by atoms with E-state index in [0.29, 0.717) is 16.6 Å². The molecule has 1 aromatic heterocycles. The second kappa shape index (κ2) is 7.27. The molecule has 0 saturated heterocycles. The first-order valence-electron chi connectivity index (χ1n) is 7.56. The normalized spacial score (nSPS) is 11.3. The molecule has 0 spiro atoms. The van der Waals surface area contributed by atoms with Crippen LogP contribution in [0.15, 0.2) is 40.9 Å². The van der Waals surface area contributed by atoms with Crippen molar-refractivity contribution < 1.29 is 0 Å². The van der Waals surface area contributed by atoms with Crippen LogP contribution >= 0.6 is 39.1 Å². The number of rotatable bonds is 5. The van der Waals surface area contributed by atoms with Gasteiger partial charge in [-0.2, -0.15) is 0 Å². The first-order chi connectivity index (χ1) is 11.1. The molecule has 0 saturated carbocycles. The SMILES string of the molecule is NCCCCc1c(-c2ccc(Br)cc2)[nH]c2c(Cl)c(Cl)ccc12. The minimum Gasteiger partial charge on any atom is -0.353 e. The number of halogens is 3. The van der Waals surface area contributed by atoms with Crippen molar-refractivity contribution in [2.24, 2.45) is 5.73 Å². The Balaban J connectivity index is 2.16. The maximum Gasteiger partial charge on any atom is 0.0833 e. The van der Waals surface area contributed by atoms with E-state index in [1.165, 1.54) is 5.56 Å². The molecule has 3 aromatic rings. The highest BCUT2D eigenvalue weighted by molar-refractivity contribution is 9.10. The average molecular weight is 412 g/mol. The number of nitrogens with two attached hydrogens (primary N) is 1. The maximum atomic E-state index is 6.39. The van der Waals surface area contributed by atoms with Gasteiger partial charge < -0.3 is 10.7 Å². The molecule has 3 N–H and O–H groups in total. The number of aryl methyl sites for hydroxylation is 1. The van der Waals surface area contributed by atoms with Gasteiger partial charge in [-0.25, -0.2) is 0 Å². The first-order valence-corrected chi connectivity index (χ1v) is 9.11. The van der Waals surface area contributed by atoms with Crippen LogP contribution in [0.5, 0.6) is 0 Å². The number of hydrogen-bond donors (Lipinski definition) is 2. The second-order valence-corrected chi connectivity index (χ2v) is 7.22. The molecule has 0 radical (unpaired) electrons. The fraction of sp³-hybridized carbons (Fsp3) is 0.222. The molecule has 5 heteroatoms. The summed E-state index contributed by atoms with van der Waals surface area (Å²) in [6, 6.07) is 12.2. The molecule has 0 aliphatic carbocycles. The zero-order chi connectivity index (χ0) is 16.4. The molecule has 0 amide bonds. The minimum atomic E-state index is 0.566. The highest BCUT2D eigenvalue weighted by atomic mass is 79.9. The lowest BCUT2D eigenvalue weighted by Gasteiger charge is -2.05. The third-order valence-corrected chi connectivity index (χ3v) is 5.32. The zero-order valence-electron chi connectivity index (χ0n) is 12.5. The fourth-order valence-corrected chi connectivity index (χ4v) is 3.46. The lowest BCUT2D eigenvalue weighted by atomic mass is 10.0. The van der Waals surface area contributed by atoms with Crippen LogP contribution in [-0.2, 0) is 6.42 Å². The molecule has 2 nitrogen and oxygen atoms in total. The molecule has 23 heavy (non-hydrogen) atoms. The fourth-order valence-electron chi connectivity index (χ4n) is 2.83. The molecule has 3 rings (SSSR count). The van der Waals surface area contributed by atoms with E-state index in [1.807, 2.05) is 24.3 Å². The second-order valence-electron chi connectivity index (χ2n) is 5.52. The summed E-state index contributed by atoms with van der Waals surface area (Å²) in [7, 11) is 0. The van der Waals surface area contributed by atoms with Crippen molar-refractivity contribution in [2.45, 2.75) is 19.3 Å². The molecule has 0 fully saturated rings. The summed E-state index contributed by atoms with van der Waals surface area (Å²) in [4.78, 5) is 3.47. The van der Waals surface area contributed by atoms with Crippen molar-refractivity contribution >= 4 is 50.0 Å². The Morgan fingerprint density at radius 3 is 2.43 bits per heavy atom. The van der Waals surface area contributed by atoms with Crippen LogP contribution in [0.1, 0.15) is 18.4 Å².